The molecule has 0 aromatic carbocycles. The van der Waals surface area contributed by atoms with Crippen molar-refractivity contribution in [1.29, 1.82) is 0 Å². The van der Waals surface area contributed by atoms with Crippen LogP contribution in [0.25, 0.3) is 0 Å². The van der Waals surface area contributed by atoms with Gasteiger partial charge in [0, 0.05) is 19.6 Å². The van der Waals surface area contributed by atoms with Crippen molar-refractivity contribution < 1.29 is 14.7 Å². The van der Waals surface area contributed by atoms with Crippen LogP contribution >= 0.6 is 0 Å². The predicted octanol–water partition coefficient (Wildman–Crippen LogP) is 1.93. The molecule has 18 heavy (non-hydrogen) atoms. The van der Waals surface area contributed by atoms with E-state index in [2.05, 4.69) is 5.32 Å². The Kier molecular flexibility index (Phi) is 5.44. The molecule has 104 valence electrons. The lowest BCUT2D eigenvalue weighted by Gasteiger charge is -2.25. The van der Waals surface area contributed by atoms with Crippen LogP contribution in [0.5, 0.6) is 0 Å². The van der Waals surface area contributed by atoms with Crippen LogP contribution in [0, 0.1) is 11.8 Å². The minimum Gasteiger partial charge on any atom is -0.481 e. The molecular formula is C13H24N2O3. The highest BCUT2D eigenvalue weighted by Gasteiger charge is 2.32. The molecule has 1 aliphatic carbocycles. The molecule has 0 aromatic heterocycles. The van der Waals surface area contributed by atoms with Gasteiger partial charge in [-0.05, 0) is 32.1 Å². The summed E-state index contributed by atoms with van der Waals surface area (Å²) in [6.45, 7) is 4.20. The maximum absolute atomic E-state index is 11.9. The van der Waals surface area contributed by atoms with Crippen LogP contribution in [-0.2, 0) is 4.79 Å². The molecule has 0 saturated heterocycles. The molecule has 1 saturated carbocycles. The van der Waals surface area contributed by atoms with Crippen LogP contribution in [0.1, 0.15) is 39.5 Å². The number of nitrogens with one attached hydrogen (secondary N) is 1. The quantitative estimate of drug-likeness (QED) is 0.731. The van der Waals surface area contributed by atoms with E-state index in [9.17, 15) is 9.59 Å². The Morgan fingerprint density at radius 2 is 2.06 bits per heavy atom. The van der Waals surface area contributed by atoms with Crippen molar-refractivity contribution in [2.75, 3.05) is 13.6 Å². The molecule has 2 N–H and O–H groups in total. The van der Waals surface area contributed by atoms with Gasteiger partial charge in [-0.15, -0.1) is 0 Å². The monoisotopic (exact) mass is 256 g/mol. The average Bonchev–Trinajstić information content (AvgIpc) is 3.15. The third kappa shape index (κ3) is 4.20. The van der Waals surface area contributed by atoms with Gasteiger partial charge in [0.2, 0.25) is 0 Å². The summed E-state index contributed by atoms with van der Waals surface area (Å²) in [5.41, 5.74) is 0. The Morgan fingerprint density at radius 3 is 2.50 bits per heavy atom. The van der Waals surface area contributed by atoms with Crippen molar-refractivity contribution in [2.45, 2.75) is 45.6 Å². The summed E-state index contributed by atoms with van der Waals surface area (Å²) in [7, 11) is 1.77. The maximum Gasteiger partial charge on any atom is 0.317 e. The molecule has 0 aromatic rings. The summed E-state index contributed by atoms with van der Waals surface area (Å²) in [6, 6.07) is 0.0659. The van der Waals surface area contributed by atoms with Crippen molar-refractivity contribution in [3.8, 4) is 0 Å². The number of carboxylic acids is 1. The second-order valence-corrected chi connectivity index (χ2v) is 5.20. The van der Waals surface area contributed by atoms with Gasteiger partial charge in [0.05, 0.1) is 5.92 Å². The maximum atomic E-state index is 11.9. The molecule has 5 heteroatoms. The zero-order valence-corrected chi connectivity index (χ0v) is 11.5. The third-order valence-corrected chi connectivity index (χ3v) is 3.72. The number of hydrogen-bond acceptors (Lipinski definition) is 2. The first-order chi connectivity index (χ1) is 8.47. The second kappa shape index (κ2) is 6.61. The number of nitrogens with zero attached hydrogens (tertiary/aromatic N) is 1. The molecular weight excluding hydrogens is 232 g/mol. The number of rotatable bonds is 7. The smallest absolute Gasteiger partial charge is 0.317 e. The Hall–Kier alpha value is -1.26. The van der Waals surface area contributed by atoms with Crippen molar-refractivity contribution in [2.24, 2.45) is 11.8 Å². The molecule has 0 heterocycles. The number of carbonyl (C=O) groups is 2. The van der Waals surface area contributed by atoms with Crippen molar-refractivity contribution in [1.82, 2.24) is 10.2 Å². The average molecular weight is 256 g/mol. The molecule has 2 unspecified atom stereocenters. The van der Waals surface area contributed by atoms with Crippen LogP contribution in [0.3, 0.4) is 0 Å². The largest absolute Gasteiger partial charge is 0.481 e. The number of aliphatic carboxylic acids is 1. The van der Waals surface area contributed by atoms with E-state index in [0.29, 0.717) is 12.3 Å². The summed E-state index contributed by atoms with van der Waals surface area (Å²) in [4.78, 5) is 24.5. The fourth-order valence-electron chi connectivity index (χ4n) is 2.08. The number of carbonyl (C=O) groups excluding carboxylic acids is 1. The summed E-state index contributed by atoms with van der Waals surface area (Å²) >= 11 is 0. The van der Waals surface area contributed by atoms with Gasteiger partial charge in [0.15, 0.2) is 0 Å². The molecule has 2 amide bonds. The van der Waals surface area contributed by atoms with E-state index in [1.807, 2.05) is 13.8 Å². The van der Waals surface area contributed by atoms with Gasteiger partial charge in [0.25, 0.3) is 0 Å². The van der Waals surface area contributed by atoms with Crippen molar-refractivity contribution in [3.05, 3.63) is 0 Å². The van der Waals surface area contributed by atoms with Gasteiger partial charge in [-0.3, -0.25) is 4.79 Å². The molecule has 0 bridgehead atoms. The Bertz CT molecular complexity index is 303. The zero-order chi connectivity index (χ0) is 13.7. The van der Waals surface area contributed by atoms with E-state index < -0.39 is 11.9 Å². The van der Waals surface area contributed by atoms with Crippen LogP contribution in [0.4, 0.5) is 4.79 Å². The lowest BCUT2D eigenvalue weighted by molar-refractivity contribution is -0.141. The first-order valence-electron chi connectivity index (χ1n) is 6.70. The SMILES string of the molecule is CCCC(CNC(=O)N(C)C(C)C1CC1)C(=O)O. The zero-order valence-electron chi connectivity index (χ0n) is 11.5. The summed E-state index contributed by atoms with van der Waals surface area (Å²) in [5.74, 6) is -0.703. The molecule has 1 aliphatic rings. The van der Waals surface area contributed by atoms with Gasteiger partial charge in [0.1, 0.15) is 0 Å². The molecule has 1 rings (SSSR count). The van der Waals surface area contributed by atoms with E-state index in [1.54, 1.807) is 11.9 Å². The fourth-order valence-corrected chi connectivity index (χ4v) is 2.08. The van der Waals surface area contributed by atoms with Gasteiger partial charge in [-0.25, -0.2) is 4.79 Å². The highest BCUT2D eigenvalue weighted by molar-refractivity contribution is 5.76. The minimum atomic E-state index is -0.838. The topological polar surface area (TPSA) is 69.6 Å². The normalized spacial score (nSPS) is 17.9. The molecule has 2 atom stereocenters. The van der Waals surface area contributed by atoms with Gasteiger partial charge in [-0.1, -0.05) is 13.3 Å². The van der Waals surface area contributed by atoms with E-state index >= 15 is 0 Å². The second-order valence-electron chi connectivity index (χ2n) is 5.20. The van der Waals surface area contributed by atoms with Crippen LogP contribution in [-0.4, -0.2) is 41.6 Å². The third-order valence-electron chi connectivity index (χ3n) is 3.72. The molecule has 5 nitrogen and oxygen atoms in total. The number of hydrogen-bond donors (Lipinski definition) is 2. The number of carboxylic acid groups (broad SMARTS) is 1. The highest BCUT2D eigenvalue weighted by atomic mass is 16.4. The first-order valence-corrected chi connectivity index (χ1v) is 6.70. The standard InChI is InChI=1S/C13H24N2O3/c1-4-5-11(12(16)17)8-14-13(18)15(3)9(2)10-6-7-10/h9-11H,4-8H2,1-3H3,(H,14,18)(H,16,17). The Morgan fingerprint density at radius 1 is 1.44 bits per heavy atom. The van der Waals surface area contributed by atoms with Crippen LogP contribution < -0.4 is 5.32 Å². The van der Waals surface area contributed by atoms with E-state index in [-0.39, 0.29) is 18.6 Å². The lowest BCUT2D eigenvalue weighted by atomic mass is 10.0. The van der Waals surface area contributed by atoms with E-state index in [1.165, 1.54) is 12.8 Å². The Balaban J connectivity index is 2.36. The summed E-state index contributed by atoms with van der Waals surface area (Å²) in [5, 5.41) is 11.7. The van der Waals surface area contributed by atoms with E-state index in [4.69, 9.17) is 5.11 Å². The molecule has 0 aliphatic heterocycles. The van der Waals surface area contributed by atoms with Gasteiger partial charge < -0.3 is 15.3 Å². The number of amides is 2. The number of urea groups is 1. The molecule has 0 spiro atoms. The molecule has 0 radical (unpaired) electrons. The minimum absolute atomic E-state index is 0.170. The van der Waals surface area contributed by atoms with Crippen LogP contribution in [0.15, 0.2) is 0 Å². The summed E-state index contributed by atoms with van der Waals surface area (Å²) in [6.07, 6.45) is 3.78. The van der Waals surface area contributed by atoms with E-state index in [0.717, 1.165) is 6.42 Å². The highest BCUT2D eigenvalue weighted by Crippen LogP contribution is 2.34. The predicted molar refractivity (Wildman–Crippen MR) is 69.4 cm³/mol. The first kappa shape index (κ1) is 14.8. The van der Waals surface area contributed by atoms with Gasteiger partial charge >= 0.3 is 12.0 Å². The van der Waals surface area contributed by atoms with Crippen molar-refractivity contribution >= 4 is 12.0 Å². The van der Waals surface area contributed by atoms with Crippen LogP contribution in [0.2, 0.25) is 0 Å². The fraction of sp³-hybridized carbons (Fsp3) is 0.846. The molecule has 1 fully saturated rings. The Labute approximate surface area is 109 Å². The van der Waals surface area contributed by atoms with Crippen molar-refractivity contribution in [3.63, 3.8) is 0 Å². The lowest BCUT2D eigenvalue weighted by Crippen LogP contribution is -2.45. The van der Waals surface area contributed by atoms with Gasteiger partial charge in [-0.2, -0.15) is 0 Å². The summed E-state index contributed by atoms with van der Waals surface area (Å²) < 4.78 is 0.